The first-order valence-corrected chi connectivity index (χ1v) is 5.58. The monoisotopic (exact) mass is 203 g/mol. The van der Waals surface area contributed by atoms with Gasteiger partial charge in [0.1, 0.15) is 0 Å². The third kappa shape index (κ3) is 3.88. The fraction of sp³-hybridized carbons (Fsp3) is 0.429. The standard InChI is InChI=1S/C14H21N/c1-11(2)13(4)15-10-12(3)14-8-6-5-7-9-14/h5-9,11,13,15H,3,10H2,1-2,4H3. The Morgan fingerprint density at radius 1 is 1.20 bits per heavy atom. The SMILES string of the molecule is C=C(CNC(C)C(C)C)c1ccccc1. The van der Waals surface area contributed by atoms with Gasteiger partial charge >= 0.3 is 0 Å². The zero-order valence-electron chi connectivity index (χ0n) is 9.96. The molecule has 1 rings (SSSR count). The number of rotatable bonds is 5. The van der Waals surface area contributed by atoms with Crippen molar-refractivity contribution >= 4 is 5.57 Å². The van der Waals surface area contributed by atoms with Crippen LogP contribution in [0.3, 0.4) is 0 Å². The third-order valence-corrected chi connectivity index (χ3v) is 2.82. The molecule has 0 radical (unpaired) electrons. The van der Waals surface area contributed by atoms with Gasteiger partial charge in [0, 0.05) is 12.6 Å². The molecule has 0 bridgehead atoms. The Balaban J connectivity index is 2.44. The van der Waals surface area contributed by atoms with Gasteiger partial charge in [-0.3, -0.25) is 0 Å². The van der Waals surface area contributed by atoms with Crippen LogP contribution in [0.2, 0.25) is 0 Å². The van der Waals surface area contributed by atoms with Gasteiger partial charge in [-0.25, -0.2) is 0 Å². The predicted octanol–water partition coefficient (Wildman–Crippen LogP) is 3.33. The Hall–Kier alpha value is -1.08. The molecule has 0 fully saturated rings. The molecule has 15 heavy (non-hydrogen) atoms. The summed E-state index contributed by atoms with van der Waals surface area (Å²) >= 11 is 0. The van der Waals surface area contributed by atoms with E-state index in [2.05, 4.69) is 44.8 Å². The highest BCUT2D eigenvalue weighted by molar-refractivity contribution is 5.64. The summed E-state index contributed by atoms with van der Waals surface area (Å²) in [5.41, 5.74) is 2.38. The van der Waals surface area contributed by atoms with Gasteiger partial charge < -0.3 is 5.32 Å². The van der Waals surface area contributed by atoms with Crippen molar-refractivity contribution in [3.8, 4) is 0 Å². The van der Waals surface area contributed by atoms with E-state index in [1.54, 1.807) is 0 Å². The minimum absolute atomic E-state index is 0.533. The van der Waals surface area contributed by atoms with Crippen LogP contribution in [0, 0.1) is 5.92 Å². The van der Waals surface area contributed by atoms with E-state index in [9.17, 15) is 0 Å². The molecule has 1 N–H and O–H groups in total. The van der Waals surface area contributed by atoms with Crippen molar-refractivity contribution in [3.05, 3.63) is 42.5 Å². The molecular weight excluding hydrogens is 182 g/mol. The van der Waals surface area contributed by atoms with Crippen LogP contribution in [0.4, 0.5) is 0 Å². The number of benzene rings is 1. The van der Waals surface area contributed by atoms with Crippen LogP contribution >= 0.6 is 0 Å². The molecule has 82 valence electrons. The number of nitrogens with one attached hydrogen (secondary N) is 1. The molecule has 1 heteroatoms. The lowest BCUT2D eigenvalue weighted by atomic mass is 10.0. The van der Waals surface area contributed by atoms with Crippen LogP contribution in [0.25, 0.3) is 5.57 Å². The van der Waals surface area contributed by atoms with E-state index in [1.165, 1.54) is 5.56 Å². The summed E-state index contributed by atoms with van der Waals surface area (Å²) in [6, 6.07) is 10.9. The van der Waals surface area contributed by atoms with Crippen LogP contribution in [0.1, 0.15) is 26.3 Å². The van der Waals surface area contributed by atoms with Gasteiger partial charge in [0.15, 0.2) is 0 Å². The topological polar surface area (TPSA) is 12.0 Å². The Morgan fingerprint density at radius 3 is 2.33 bits per heavy atom. The van der Waals surface area contributed by atoms with Crippen molar-refractivity contribution in [2.45, 2.75) is 26.8 Å². The maximum atomic E-state index is 4.09. The highest BCUT2D eigenvalue weighted by atomic mass is 14.9. The summed E-state index contributed by atoms with van der Waals surface area (Å²) in [5.74, 6) is 0.661. The zero-order chi connectivity index (χ0) is 11.3. The van der Waals surface area contributed by atoms with Crippen molar-refractivity contribution in [2.24, 2.45) is 5.92 Å². The number of hydrogen-bond acceptors (Lipinski definition) is 1. The Kier molecular flexibility index (Phi) is 4.57. The van der Waals surface area contributed by atoms with Crippen LogP contribution in [0.15, 0.2) is 36.9 Å². The molecule has 1 unspecified atom stereocenters. The Labute approximate surface area is 93.2 Å². The molecule has 0 saturated carbocycles. The summed E-state index contributed by atoms with van der Waals surface area (Å²) in [6.07, 6.45) is 0. The van der Waals surface area contributed by atoms with Crippen molar-refractivity contribution in [3.63, 3.8) is 0 Å². The van der Waals surface area contributed by atoms with Crippen LogP contribution in [-0.2, 0) is 0 Å². The van der Waals surface area contributed by atoms with Crippen LogP contribution in [-0.4, -0.2) is 12.6 Å². The lowest BCUT2D eigenvalue weighted by Crippen LogP contribution is -2.31. The van der Waals surface area contributed by atoms with Crippen molar-refractivity contribution < 1.29 is 0 Å². The summed E-state index contributed by atoms with van der Waals surface area (Å²) in [4.78, 5) is 0. The minimum Gasteiger partial charge on any atom is -0.310 e. The maximum absolute atomic E-state index is 4.09. The van der Waals surface area contributed by atoms with Gasteiger partial charge in [0.2, 0.25) is 0 Å². The molecule has 0 amide bonds. The molecule has 1 nitrogen and oxygen atoms in total. The second-order valence-electron chi connectivity index (χ2n) is 4.38. The normalized spacial score (nSPS) is 12.8. The maximum Gasteiger partial charge on any atom is 0.0208 e. The number of hydrogen-bond donors (Lipinski definition) is 1. The van der Waals surface area contributed by atoms with Crippen LogP contribution < -0.4 is 5.32 Å². The van der Waals surface area contributed by atoms with Gasteiger partial charge in [-0.2, -0.15) is 0 Å². The van der Waals surface area contributed by atoms with Crippen LogP contribution in [0.5, 0.6) is 0 Å². The second-order valence-corrected chi connectivity index (χ2v) is 4.38. The fourth-order valence-corrected chi connectivity index (χ4v) is 1.30. The molecule has 0 heterocycles. The molecular formula is C14H21N. The first kappa shape index (κ1) is 12.0. The first-order chi connectivity index (χ1) is 7.11. The minimum atomic E-state index is 0.533. The van der Waals surface area contributed by atoms with Crippen molar-refractivity contribution in [1.29, 1.82) is 0 Å². The largest absolute Gasteiger partial charge is 0.310 e. The molecule has 0 aliphatic carbocycles. The molecule has 0 aliphatic heterocycles. The van der Waals surface area contributed by atoms with Gasteiger partial charge in [-0.15, -0.1) is 0 Å². The molecule has 1 aromatic carbocycles. The lowest BCUT2D eigenvalue weighted by molar-refractivity contribution is 0.447. The quantitative estimate of drug-likeness (QED) is 0.774. The highest BCUT2D eigenvalue weighted by Crippen LogP contribution is 2.11. The van der Waals surface area contributed by atoms with E-state index in [1.807, 2.05) is 18.2 Å². The zero-order valence-corrected chi connectivity index (χ0v) is 9.96. The van der Waals surface area contributed by atoms with E-state index in [4.69, 9.17) is 0 Å². The van der Waals surface area contributed by atoms with E-state index < -0.39 is 0 Å². The molecule has 0 spiro atoms. The van der Waals surface area contributed by atoms with Crippen molar-refractivity contribution in [1.82, 2.24) is 5.32 Å². The van der Waals surface area contributed by atoms with Gasteiger partial charge in [0.25, 0.3) is 0 Å². The van der Waals surface area contributed by atoms with Gasteiger partial charge in [0.05, 0.1) is 0 Å². The van der Waals surface area contributed by atoms with Gasteiger partial charge in [-0.1, -0.05) is 50.8 Å². The summed E-state index contributed by atoms with van der Waals surface area (Å²) < 4.78 is 0. The fourth-order valence-electron chi connectivity index (χ4n) is 1.30. The molecule has 1 aromatic rings. The van der Waals surface area contributed by atoms with Crippen molar-refractivity contribution in [2.75, 3.05) is 6.54 Å². The summed E-state index contributed by atoms with van der Waals surface area (Å²) in [6.45, 7) is 11.6. The van der Waals surface area contributed by atoms with Gasteiger partial charge in [-0.05, 0) is 24.0 Å². The Bertz CT molecular complexity index is 300. The predicted molar refractivity (Wildman–Crippen MR) is 67.8 cm³/mol. The van der Waals surface area contributed by atoms with E-state index in [0.717, 1.165) is 12.1 Å². The first-order valence-electron chi connectivity index (χ1n) is 5.58. The summed E-state index contributed by atoms with van der Waals surface area (Å²) in [5, 5.41) is 3.48. The molecule has 0 saturated heterocycles. The average Bonchev–Trinajstić information content (AvgIpc) is 2.26. The molecule has 0 aromatic heterocycles. The van der Waals surface area contributed by atoms with E-state index in [-0.39, 0.29) is 0 Å². The molecule has 1 atom stereocenters. The second kappa shape index (κ2) is 5.72. The Morgan fingerprint density at radius 2 is 1.80 bits per heavy atom. The third-order valence-electron chi connectivity index (χ3n) is 2.82. The van der Waals surface area contributed by atoms with E-state index >= 15 is 0 Å². The summed E-state index contributed by atoms with van der Waals surface area (Å²) in [7, 11) is 0. The average molecular weight is 203 g/mol. The smallest absolute Gasteiger partial charge is 0.0208 e. The molecule has 0 aliphatic rings. The van der Waals surface area contributed by atoms with E-state index in [0.29, 0.717) is 12.0 Å². The highest BCUT2D eigenvalue weighted by Gasteiger charge is 2.06. The lowest BCUT2D eigenvalue weighted by Gasteiger charge is -2.18.